The minimum atomic E-state index is 0.354. The van der Waals surface area contributed by atoms with Crippen LogP contribution < -0.4 is 10.1 Å². The molecule has 0 aliphatic carbocycles. The summed E-state index contributed by atoms with van der Waals surface area (Å²) in [4.78, 5) is 0. The van der Waals surface area contributed by atoms with Crippen molar-refractivity contribution in [2.45, 2.75) is 25.8 Å². The summed E-state index contributed by atoms with van der Waals surface area (Å²) < 4.78 is 5.37. The van der Waals surface area contributed by atoms with Crippen LogP contribution in [0.15, 0.2) is 48.5 Å². The van der Waals surface area contributed by atoms with E-state index >= 15 is 0 Å². The minimum absolute atomic E-state index is 0.354. The monoisotopic (exact) mass is 285 g/mol. The van der Waals surface area contributed by atoms with Crippen LogP contribution in [0, 0.1) is 0 Å². The number of ether oxygens (including phenoxy) is 1. The van der Waals surface area contributed by atoms with Crippen molar-refractivity contribution in [3.63, 3.8) is 0 Å². The molecule has 1 atom stereocenters. The first kappa shape index (κ1) is 15.4. The average molecular weight is 285 g/mol. The van der Waals surface area contributed by atoms with E-state index < -0.39 is 0 Å². The molecule has 0 heterocycles. The topological polar surface area (TPSA) is 41.5 Å². The predicted octanol–water partition coefficient (Wildman–Crippen LogP) is 3.16. The standard InChI is InChI=1S/C18H23NO2/c1-14(13-16-8-4-6-10-18(16)21-2)19-12-11-15-7-3-5-9-17(15)20/h3-10,14,19-20H,11-13H2,1-2H3. The van der Waals surface area contributed by atoms with Gasteiger partial charge in [0, 0.05) is 6.04 Å². The van der Waals surface area contributed by atoms with E-state index in [9.17, 15) is 5.11 Å². The highest BCUT2D eigenvalue weighted by molar-refractivity contribution is 5.34. The van der Waals surface area contributed by atoms with Gasteiger partial charge in [0.05, 0.1) is 7.11 Å². The van der Waals surface area contributed by atoms with E-state index in [-0.39, 0.29) is 0 Å². The number of para-hydroxylation sites is 2. The van der Waals surface area contributed by atoms with E-state index in [0.29, 0.717) is 11.8 Å². The predicted molar refractivity (Wildman–Crippen MR) is 86.0 cm³/mol. The third kappa shape index (κ3) is 4.50. The third-order valence-corrected chi connectivity index (χ3v) is 3.60. The second-order valence-corrected chi connectivity index (χ2v) is 5.25. The molecule has 0 fully saturated rings. The zero-order valence-corrected chi connectivity index (χ0v) is 12.7. The van der Waals surface area contributed by atoms with Crippen LogP contribution in [-0.4, -0.2) is 24.8 Å². The fourth-order valence-corrected chi connectivity index (χ4v) is 2.45. The van der Waals surface area contributed by atoms with Crippen LogP contribution in [0.3, 0.4) is 0 Å². The number of aromatic hydroxyl groups is 1. The van der Waals surface area contributed by atoms with Gasteiger partial charge in [-0.05, 0) is 49.6 Å². The Morgan fingerprint density at radius 1 is 1.05 bits per heavy atom. The van der Waals surface area contributed by atoms with Crippen molar-refractivity contribution in [3.8, 4) is 11.5 Å². The highest BCUT2D eigenvalue weighted by Crippen LogP contribution is 2.19. The molecule has 0 spiro atoms. The maximum atomic E-state index is 9.73. The molecule has 3 heteroatoms. The lowest BCUT2D eigenvalue weighted by Crippen LogP contribution is -2.30. The molecule has 112 valence electrons. The zero-order chi connectivity index (χ0) is 15.1. The molecule has 0 saturated heterocycles. The smallest absolute Gasteiger partial charge is 0.122 e. The SMILES string of the molecule is COc1ccccc1CC(C)NCCc1ccccc1O. The van der Waals surface area contributed by atoms with Crippen LogP contribution in [0.25, 0.3) is 0 Å². The Balaban J connectivity index is 1.82. The lowest BCUT2D eigenvalue weighted by atomic mass is 10.1. The Labute approximate surface area is 126 Å². The lowest BCUT2D eigenvalue weighted by Gasteiger charge is -2.16. The maximum absolute atomic E-state index is 9.73. The molecule has 0 amide bonds. The number of hydrogen-bond acceptors (Lipinski definition) is 3. The molecule has 2 aromatic rings. The number of hydrogen-bond donors (Lipinski definition) is 2. The van der Waals surface area contributed by atoms with E-state index in [1.165, 1.54) is 5.56 Å². The molecule has 2 aromatic carbocycles. The Kier molecular flexibility index (Phi) is 5.64. The second kappa shape index (κ2) is 7.70. The summed E-state index contributed by atoms with van der Waals surface area (Å²) in [6.07, 6.45) is 1.74. The van der Waals surface area contributed by atoms with Gasteiger partial charge < -0.3 is 15.2 Å². The van der Waals surface area contributed by atoms with Gasteiger partial charge in [-0.15, -0.1) is 0 Å². The van der Waals surface area contributed by atoms with Gasteiger partial charge in [0.2, 0.25) is 0 Å². The minimum Gasteiger partial charge on any atom is -0.508 e. The molecule has 2 rings (SSSR count). The summed E-state index contributed by atoms with van der Waals surface area (Å²) in [6, 6.07) is 15.9. The molecule has 0 saturated carbocycles. The molecule has 2 N–H and O–H groups in total. The molecule has 0 radical (unpaired) electrons. The lowest BCUT2D eigenvalue weighted by molar-refractivity contribution is 0.406. The fourth-order valence-electron chi connectivity index (χ4n) is 2.45. The van der Waals surface area contributed by atoms with Crippen molar-refractivity contribution in [1.29, 1.82) is 0 Å². The van der Waals surface area contributed by atoms with E-state index in [1.54, 1.807) is 13.2 Å². The fraction of sp³-hybridized carbons (Fsp3) is 0.333. The third-order valence-electron chi connectivity index (χ3n) is 3.60. The van der Waals surface area contributed by atoms with Crippen molar-refractivity contribution in [2.75, 3.05) is 13.7 Å². The largest absolute Gasteiger partial charge is 0.508 e. The van der Waals surface area contributed by atoms with Crippen LogP contribution in [0.5, 0.6) is 11.5 Å². The average Bonchev–Trinajstić information content (AvgIpc) is 2.50. The van der Waals surface area contributed by atoms with Gasteiger partial charge in [-0.2, -0.15) is 0 Å². The van der Waals surface area contributed by atoms with Gasteiger partial charge in [0.25, 0.3) is 0 Å². The Hall–Kier alpha value is -2.00. The van der Waals surface area contributed by atoms with Crippen LogP contribution in [-0.2, 0) is 12.8 Å². The molecular weight excluding hydrogens is 262 g/mol. The zero-order valence-electron chi connectivity index (χ0n) is 12.7. The van der Waals surface area contributed by atoms with Gasteiger partial charge >= 0.3 is 0 Å². The first-order valence-corrected chi connectivity index (χ1v) is 7.33. The molecule has 0 aliphatic rings. The van der Waals surface area contributed by atoms with Crippen molar-refractivity contribution in [3.05, 3.63) is 59.7 Å². The number of phenols is 1. The Bertz CT molecular complexity index is 569. The molecule has 1 unspecified atom stereocenters. The summed E-state index contributed by atoms with van der Waals surface area (Å²) >= 11 is 0. The number of methoxy groups -OCH3 is 1. The second-order valence-electron chi connectivity index (χ2n) is 5.25. The van der Waals surface area contributed by atoms with Crippen molar-refractivity contribution in [1.82, 2.24) is 5.32 Å². The van der Waals surface area contributed by atoms with E-state index in [4.69, 9.17) is 4.74 Å². The van der Waals surface area contributed by atoms with Crippen LogP contribution >= 0.6 is 0 Å². The van der Waals surface area contributed by atoms with E-state index in [1.807, 2.05) is 36.4 Å². The number of benzene rings is 2. The van der Waals surface area contributed by atoms with Gasteiger partial charge in [-0.1, -0.05) is 36.4 Å². The molecular formula is C18H23NO2. The Morgan fingerprint density at radius 2 is 1.71 bits per heavy atom. The van der Waals surface area contributed by atoms with Gasteiger partial charge in [0.15, 0.2) is 0 Å². The van der Waals surface area contributed by atoms with Crippen molar-refractivity contribution in [2.24, 2.45) is 0 Å². The summed E-state index contributed by atoms with van der Waals surface area (Å²) in [5, 5.41) is 13.2. The quantitative estimate of drug-likeness (QED) is 0.821. The molecule has 0 aromatic heterocycles. The highest BCUT2D eigenvalue weighted by atomic mass is 16.5. The normalized spacial score (nSPS) is 12.1. The van der Waals surface area contributed by atoms with Gasteiger partial charge in [-0.25, -0.2) is 0 Å². The van der Waals surface area contributed by atoms with Gasteiger partial charge in [0.1, 0.15) is 11.5 Å². The van der Waals surface area contributed by atoms with E-state index in [0.717, 1.165) is 30.7 Å². The van der Waals surface area contributed by atoms with Crippen LogP contribution in [0.4, 0.5) is 0 Å². The molecule has 0 aliphatic heterocycles. The molecule has 21 heavy (non-hydrogen) atoms. The summed E-state index contributed by atoms with van der Waals surface area (Å²) in [5.41, 5.74) is 2.19. The summed E-state index contributed by atoms with van der Waals surface area (Å²) in [7, 11) is 1.70. The summed E-state index contributed by atoms with van der Waals surface area (Å²) in [5.74, 6) is 1.31. The first-order valence-electron chi connectivity index (χ1n) is 7.33. The molecule has 0 bridgehead atoms. The van der Waals surface area contributed by atoms with Crippen molar-refractivity contribution >= 4 is 0 Å². The Morgan fingerprint density at radius 3 is 2.43 bits per heavy atom. The van der Waals surface area contributed by atoms with Crippen LogP contribution in [0.2, 0.25) is 0 Å². The summed E-state index contributed by atoms with van der Waals surface area (Å²) in [6.45, 7) is 3.01. The van der Waals surface area contributed by atoms with E-state index in [2.05, 4.69) is 18.3 Å². The number of rotatable bonds is 7. The maximum Gasteiger partial charge on any atom is 0.122 e. The van der Waals surface area contributed by atoms with Crippen molar-refractivity contribution < 1.29 is 9.84 Å². The van der Waals surface area contributed by atoms with Gasteiger partial charge in [-0.3, -0.25) is 0 Å². The first-order chi connectivity index (χ1) is 10.2. The van der Waals surface area contributed by atoms with Crippen LogP contribution in [0.1, 0.15) is 18.1 Å². The number of phenolic OH excluding ortho intramolecular Hbond substituents is 1. The highest BCUT2D eigenvalue weighted by Gasteiger charge is 2.07. The molecule has 3 nitrogen and oxygen atoms in total. The number of nitrogens with one attached hydrogen (secondary N) is 1.